The zero-order valence-electron chi connectivity index (χ0n) is 12.4. The second-order valence-corrected chi connectivity index (χ2v) is 5.37. The van der Waals surface area contributed by atoms with Gasteiger partial charge >= 0.3 is 0 Å². The van der Waals surface area contributed by atoms with Crippen LogP contribution in [0.2, 0.25) is 0 Å². The fourth-order valence-electron chi connectivity index (χ4n) is 2.63. The second-order valence-electron chi connectivity index (χ2n) is 5.37. The molecule has 1 aromatic rings. The molecule has 0 saturated carbocycles. The topological polar surface area (TPSA) is 41.6 Å². The third-order valence-electron chi connectivity index (χ3n) is 3.92. The standard InChI is InChI=1S/C16H24N2O2/c1-18(10-11-20-2)16(19)15-5-3-4-14(12-15)13-6-8-17-9-7-13/h3-5,12-13,17H,6-11H2,1-2H3. The van der Waals surface area contributed by atoms with E-state index in [0.717, 1.165) is 31.5 Å². The van der Waals surface area contributed by atoms with Crippen molar-refractivity contribution in [2.24, 2.45) is 0 Å². The Bertz CT molecular complexity index is 442. The highest BCUT2D eigenvalue weighted by molar-refractivity contribution is 5.94. The van der Waals surface area contributed by atoms with Crippen LogP contribution in [0.4, 0.5) is 0 Å². The summed E-state index contributed by atoms with van der Waals surface area (Å²) in [5.74, 6) is 0.645. The fraction of sp³-hybridized carbons (Fsp3) is 0.562. The number of nitrogens with zero attached hydrogens (tertiary/aromatic N) is 1. The number of likely N-dealkylation sites (N-methyl/N-ethyl adjacent to an activating group) is 1. The first kappa shape index (κ1) is 15.0. The largest absolute Gasteiger partial charge is 0.383 e. The zero-order chi connectivity index (χ0) is 14.4. The Morgan fingerprint density at radius 2 is 2.15 bits per heavy atom. The fourth-order valence-corrected chi connectivity index (χ4v) is 2.63. The Morgan fingerprint density at radius 3 is 2.85 bits per heavy atom. The molecule has 1 N–H and O–H groups in total. The van der Waals surface area contributed by atoms with Gasteiger partial charge in [0.25, 0.3) is 5.91 Å². The van der Waals surface area contributed by atoms with E-state index in [1.807, 2.05) is 19.2 Å². The molecule has 4 nitrogen and oxygen atoms in total. The number of hydrogen-bond donors (Lipinski definition) is 1. The Hall–Kier alpha value is -1.39. The van der Waals surface area contributed by atoms with Gasteiger partial charge in [-0.2, -0.15) is 0 Å². The second kappa shape index (κ2) is 7.41. The summed E-state index contributed by atoms with van der Waals surface area (Å²) in [5.41, 5.74) is 2.07. The van der Waals surface area contributed by atoms with Gasteiger partial charge in [-0.25, -0.2) is 0 Å². The molecule has 0 aromatic heterocycles. The number of carbonyl (C=O) groups excluding carboxylic acids is 1. The van der Waals surface area contributed by atoms with E-state index in [1.165, 1.54) is 5.56 Å². The van der Waals surface area contributed by atoms with Crippen molar-refractivity contribution in [3.63, 3.8) is 0 Å². The first-order valence-electron chi connectivity index (χ1n) is 7.27. The predicted octanol–water partition coefficient (Wildman–Crippen LogP) is 1.87. The van der Waals surface area contributed by atoms with Gasteiger partial charge in [0.2, 0.25) is 0 Å². The molecule has 1 amide bonds. The molecule has 1 fully saturated rings. The average Bonchev–Trinajstić information content (AvgIpc) is 2.53. The highest BCUT2D eigenvalue weighted by Gasteiger charge is 2.17. The molecule has 0 bridgehead atoms. The van der Waals surface area contributed by atoms with Crippen molar-refractivity contribution in [2.45, 2.75) is 18.8 Å². The number of nitrogens with one attached hydrogen (secondary N) is 1. The molecule has 110 valence electrons. The van der Waals surface area contributed by atoms with Crippen LogP contribution >= 0.6 is 0 Å². The van der Waals surface area contributed by atoms with Crippen molar-refractivity contribution >= 4 is 5.91 Å². The summed E-state index contributed by atoms with van der Waals surface area (Å²) in [6, 6.07) is 8.09. The van der Waals surface area contributed by atoms with Crippen molar-refractivity contribution in [1.29, 1.82) is 0 Å². The van der Waals surface area contributed by atoms with Crippen molar-refractivity contribution < 1.29 is 9.53 Å². The number of rotatable bonds is 5. The predicted molar refractivity (Wildman–Crippen MR) is 80.1 cm³/mol. The summed E-state index contributed by atoms with van der Waals surface area (Å²) in [5, 5.41) is 3.37. The zero-order valence-corrected chi connectivity index (χ0v) is 12.4. The summed E-state index contributed by atoms with van der Waals surface area (Å²) in [7, 11) is 3.47. The van der Waals surface area contributed by atoms with Gasteiger partial charge in [0.15, 0.2) is 0 Å². The SMILES string of the molecule is COCCN(C)C(=O)c1cccc(C2CCNCC2)c1. The molecule has 0 unspecified atom stereocenters. The molecule has 0 aliphatic carbocycles. The van der Waals surface area contributed by atoms with E-state index in [4.69, 9.17) is 4.74 Å². The summed E-state index contributed by atoms with van der Waals surface area (Å²) >= 11 is 0. The highest BCUT2D eigenvalue weighted by Crippen LogP contribution is 2.25. The van der Waals surface area contributed by atoms with Crippen LogP contribution in [0, 0.1) is 0 Å². The number of amides is 1. The summed E-state index contributed by atoms with van der Waals surface area (Å²) in [4.78, 5) is 14.1. The van der Waals surface area contributed by atoms with E-state index in [2.05, 4.69) is 17.4 Å². The number of methoxy groups -OCH3 is 1. The van der Waals surface area contributed by atoms with Crippen LogP contribution in [0.3, 0.4) is 0 Å². The monoisotopic (exact) mass is 276 g/mol. The van der Waals surface area contributed by atoms with Crippen molar-refractivity contribution in [1.82, 2.24) is 10.2 Å². The molecule has 0 atom stereocenters. The maximum Gasteiger partial charge on any atom is 0.253 e. The van der Waals surface area contributed by atoms with Gasteiger partial charge in [-0.3, -0.25) is 4.79 Å². The minimum absolute atomic E-state index is 0.0674. The number of piperidine rings is 1. The van der Waals surface area contributed by atoms with Gasteiger partial charge in [-0.1, -0.05) is 12.1 Å². The molecular weight excluding hydrogens is 252 g/mol. The molecular formula is C16H24N2O2. The van der Waals surface area contributed by atoms with E-state index < -0.39 is 0 Å². The highest BCUT2D eigenvalue weighted by atomic mass is 16.5. The molecule has 1 saturated heterocycles. The third-order valence-corrected chi connectivity index (χ3v) is 3.92. The van der Waals surface area contributed by atoms with Gasteiger partial charge < -0.3 is 15.0 Å². The van der Waals surface area contributed by atoms with Gasteiger partial charge in [-0.15, -0.1) is 0 Å². The first-order chi connectivity index (χ1) is 9.72. The van der Waals surface area contributed by atoms with Crippen molar-refractivity contribution in [2.75, 3.05) is 40.4 Å². The first-order valence-corrected chi connectivity index (χ1v) is 7.27. The molecule has 2 rings (SSSR count). The molecule has 1 aliphatic rings. The Kier molecular flexibility index (Phi) is 5.56. The Labute approximate surface area is 121 Å². The van der Waals surface area contributed by atoms with E-state index in [-0.39, 0.29) is 5.91 Å². The maximum atomic E-state index is 12.3. The van der Waals surface area contributed by atoms with Crippen LogP contribution in [-0.2, 0) is 4.74 Å². The molecule has 1 aliphatic heterocycles. The van der Waals surface area contributed by atoms with Crippen molar-refractivity contribution in [3.8, 4) is 0 Å². The van der Waals surface area contributed by atoms with E-state index >= 15 is 0 Å². The van der Waals surface area contributed by atoms with Crippen LogP contribution in [0.5, 0.6) is 0 Å². The van der Waals surface area contributed by atoms with Crippen LogP contribution in [0.1, 0.15) is 34.7 Å². The molecule has 4 heteroatoms. The average molecular weight is 276 g/mol. The normalized spacial score (nSPS) is 16.1. The molecule has 0 spiro atoms. The lowest BCUT2D eigenvalue weighted by Gasteiger charge is -2.24. The number of hydrogen-bond acceptors (Lipinski definition) is 3. The van der Waals surface area contributed by atoms with Gasteiger partial charge in [-0.05, 0) is 49.5 Å². The minimum Gasteiger partial charge on any atom is -0.383 e. The molecule has 1 aromatic carbocycles. The van der Waals surface area contributed by atoms with Crippen molar-refractivity contribution in [3.05, 3.63) is 35.4 Å². The van der Waals surface area contributed by atoms with Gasteiger partial charge in [0.05, 0.1) is 6.61 Å². The van der Waals surface area contributed by atoms with E-state index in [9.17, 15) is 4.79 Å². The van der Waals surface area contributed by atoms with Crippen LogP contribution in [-0.4, -0.2) is 51.2 Å². The van der Waals surface area contributed by atoms with Crippen LogP contribution in [0.25, 0.3) is 0 Å². The summed E-state index contributed by atoms with van der Waals surface area (Å²) in [6.07, 6.45) is 2.30. The number of benzene rings is 1. The van der Waals surface area contributed by atoms with Gasteiger partial charge in [0, 0.05) is 26.3 Å². The van der Waals surface area contributed by atoms with E-state index in [1.54, 1.807) is 12.0 Å². The Balaban J connectivity index is 2.06. The van der Waals surface area contributed by atoms with Crippen LogP contribution < -0.4 is 5.32 Å². The lowest BCUT2D eigenvalue weighted by atomic mass is 9.89. The number of carbonyl (C=O) groups is 1. The quantitative estimate of drug-likeness (QED) is 0.892. The van der Waals surface area contributed by atoms with Crippen LogP contribution in [0.15, 0.2) is 24.3 Å². The van der Waals surface area contributed by atoms with Gasteiger partial charge in [0.1, 0.15) is 0 Å². The lowest BCUT2D eigenvalue weighted by molar-refractivity contribution is 0.0744. The lowest BCUT2D eigenvalue weighted by Crippen LogP contribution is -2.30. The third kappa shape index (κ3) is 3.81. The minimum atomic E-state index is 0.0674. The Morgan fingerprint density at radius 1 is 1.40 bits per heavy atom. The molecule has 0 radical (unpaired) electrons. The maximum absolute atomic E-state index is 12.3. The molecule has 20 heavy (non-hydrogen) atoms. The number of ether oxygens (including phenoxy) is 1. The van der Waals surface area contributed by atoms with E-state index in [0.29, 0.717) is 19.1 Å². The summed E-state index contributed by atoms with van der Waals surface area (Å²) < 4.78 is 5.02. The smallest absolute Gasteiger partial charge is 0.253 e. The molecule has 1 heterocycles. The summed E-state index contributed by atoms with van der Waals surface area (Å²) in [6.45, 7) is 3.32.